The molecule has 1 amide bonds. The molecule has 1 atom stereocenters. The van der Waals surface area contributed by atoms with Gasteiger partial charge in [0, 0.05) is 22.1 Å². The molecule has 120 valence electrons. The van der Waals surface area contributed by atoms with Crippen LogP contribution in [0.25, 0.3) is 10.9 Å². The molecule has 0 fully saturated rings. The van der Waals surface area contributed by atoms with Crippen LogP contribution in [0.1, 0.15) is 33.9 Å². The van der Waals surface area contributed by atoms with Crippen molar-refractivity contribution in [2.24, 2.45) is 0 Å². The number of aromatic amines is 1. The summed E-state index contributed by atoms with van der Waals surface area (Å²) in [6.45, 7) is 0. The highest BCUT2D eigenvalue weighted by atomic mass is 35.5. The van der Waals surface area contributed by atoms with E-state index in [0.29, 0.717) is 16.0 Å². The third-order valence-electron chi connectivity index (χ3n) is 4.53. The minimum absolute atomic E-state index is 0.105. The van der Waals surface area contributed by atoms with Gasteiger partial charge >= 0.3 is 0 Å². The lowest BCUT2D eigenvalue weighted by Crippen LogP contribution is -2.33. The first-order valence-electron chi connectivity index (χ1n) is 7.83. The number of rotatable bonds is 3. The van der Waals surface area contributed by atoms with Gasteiger partial charge in [-0.15, -0.1) is 0 Å². The minimum Gasteiger partial charge on any atom is -0.360 e. The van der Waals surface area contributed by atoms with Crippen LogP contribution in [0.4, 0.5) is 0 Å². The van der Waals surface area contributed by atoms with Crippen LogP contribution in [0, 0.1) is 0 Å². The molecule has 1 aliphatic carbocycles. The Morgan fingerprint density at radius 3 is 2.88 bits per heavy atom. The Balaban J connectivity index is 1.58. The van der Waals surface area contributed by atoms with Gasteiger partial charge in [0.2, 0.25) is 0 Å². The lowest BCUT2D eigenvalue weighted by atomic mass is 10.1. The Kier molecular flexibility index (Phi) is 3.62. The highest BCUT2D eigenvalue weighted by molar-refractivity contribution is 6.45. The van der Waals surface area contributed by atoms with Crippen LogP contribution in [0.2, 0.25) is 5.02 Å². The number of Topliss-reactive ketones (excluding diaryl/α,β-unsaturated/α-hetero) is 1. The molecule has 2 N–H and O–H groups in total. The van der Waals surface area contributed by atoms with Gasteiger partial charge in [-0.3, -0.25) is 9.59 Å². The van der Waals surface area contributed by atoms with Crippen LogP contribution in [-0.2, 0) is 11.2 Å². The van der Waals surface area contributed by atoms with Gasteiger partial charge < -0.3 is 10.3 Å². The standard InChI is InChI=1S/C19H15ClN2O2/c20-12-6-8-16-14(9-12)15(10-21-16)18(23)19(24)22-17-7-5-11-3-1-2-4-13(11)17/h1-4,6,8-10,17,21H,5,7H2,(H,22,24)/t17-/m0/s1. The van der Waals surface area contributed by atoms with E-state index in [1.54, 1.807) is 24.4 Å². The van der Waals surface area contributed by atoms with Gasteiger partial charge in [0.1, 0.15) is 0 Å². The molecular weight excluding hydrogens is 324 g/mol. The van der Waals surface area contributed by atoms with Crippen molar-refractivity contribution in [2.45, 2.75) is 18.9 Å². The van der Waals surface area contributed by atoms with Crippen LogP contribution in [0.5, 0.6) is 0 Å². The maximum Gasteiger partial charge on any atom is 0.292 e. The van der Waals surface area contributed by atoms with Crippen molar-refractivity contribution < 1.29 is 9.59 Å². The molecule has 2 aromatic carbocycles. The Labute approximate surface area is 143 Å². The number of H-pyrrole nitrogens is 1. The van der Waals surface area contributed by atoms with E-state index >= 15 is 0 Å². The fraction of sp³-hybridized carbons (Fsp3) is 0.158. The predicted octanol–water partition coefficient (Wildman–Crippen LogP) is 3.81. The van der Waals surface area contributed by atoms with Crippen molar-refractivity contribution in [2.75, 3.05) is 0 Å². The van der Waals surface area contributed by atoms with Gasteiger partial charge in [-0.2, -0.15) is 0 Å². The highest BCUT2D eigenvalue weighted by Crippen LogP contribution is 2.31. The zero-order chi connectivity index (χ0) is 16.7. The van der Waals surface area contributed by atoms with Gasteiger partial charge in [0.15, 0.2) is 0 Å². The van der Waals surface area contributed by atoms with Gasteiger partial charge in [-0.1, -0.05) is 35.9 Å². The third-order valence-corrected chi connectivity index (χ3v) is 4.77. The second-order valence-electron chi connectivity index (χ2n) is 5.98. The summed E-state index contributed by atoms with van der Waals surface area (Å²) in [7, 11) is 0. The Morgan fingerprint density at radius 1 is 1.17 bits per heavy atom. The van der Waals surface area contributed by atoms with Crippen molar-refractivity contribution in [3.63, 3.8) is 0 Å². The van der Waals surface area contributed by atoms with E-state index in [0.717, 1.165) is 23.9 Å². The second-order valence-corrected chi connectivity index (χ2v) is 6.42. The second kappa shape index (κ2) is 5.80. The molecular formula is C19H15ClN2O2. The first-order valence-corrected chi connectivity index (χ1v) is 8.21. The van der Waals surface area contributed by atoms with Crippen molar-refractivity contribution in [1.82, 2.24) is 10.3 Å². The monoisotopic (exact) mass is 338 g/mol. The Hall–Kier alpha value is -2.59. The summed E-state index contributed by atoms with van der Waals surface area (Å²) in [4.78, 5) is 28.0. The largest absolute Gasteiger partial charge is 0.360 e. The van der Waals surface area contributed by atoms with E-state index in [9.17, 15) is 9.59 Å². The smallest absolute Gasteiger partial charge is 0.292 e. The van der Waals surface area contributed by atoms with Crippen molar-refractivity contribution in [3.8, 4) is 0 Å². The zero-order valence-corrected chi connectivity index (χ0v) is 13.6. The number of amides is 1. The number of carbonyl (C=O) groups excluding carboxylic acids is 2. The first kappa shape index (κ1) is 15.0. The Morgan fingerprint density at radius 2 is 2.00 bits per heavy atom. The number of ketones is 1. The molecule has 4 rings (SSSR count). The van der Waals surface area contributed by atoms with Gasteiger partial charge in [-0.25, -0.2) is 0 Å². The van der Waals surface area contributed by atoms with E-state index in [-0.39, 0.29) is 6.04 Å². The average Bonchev–Trinajstić information content (AvgIpc) is 3.18. The number of benzene rings is 2. The predicted molar refractivity (Wildman–Crippen MR) is 93.3 cm³/mol. The molecule has 0 saturated carbocycles. The summed E-state index contributed by atoms with van der Waals surface area (Å²) in [6, 6.07) is 13.1. The maximum atomic E-state index is 12.6. The van der Waals surface area contributed by atoms with Crippen LogP contribution in [-0.4, -0.2) is 16.7 Å². The molecule has 0 bridgehead atoms. The number of nitrogens with one attached hydrogen (secondary N) is 2. The third kappa shape index (κ3) is 2.49. The first-order chi connectivity index (χ1) is 11.6. The normalized spacial score (nSPS) is 16.1. The van der Waals surface area contributed by atoms with E-state index in [4.69, 9.17) is 11.6 Å². The number of hydrogen-bond acceptors (Lipinski definition) is 2. The summed E-state index contributed by atoms with van der Waals surface area (Å²) in [5, 5.41) is 4.06. The van der Waals surface area contributed by atoms with Crippen LogP contribution in [0.15, 0.2) is 48.7 Å². The molecule has 24 heavy (non-hydrogen) atoms. The quantitative estimate of drug-likeness (QED) is 0.563. The lowest BCUT2D eigenvalue weighted by molar-refractivity contribution is -0.117. The molecule has 0 spiro atoms. The molecule has 0 radical (unpaired) electrons. The zero-order valence-electron chi connectivity index (χ0n) is 12.8. The summed E-state index contributed by atoms with van der Waals surface area (Å²) < 4.78 is 0. The molecule has 1 heterocycles. The molecule has 5 heteroatoms. The molecule has 0 unspecified atom stereocenters. The van der Waals surface area contributed by atoms with E-state index in [2.05, 4.69) is 16.4 Å². The van der Waals surface area contributed by atoms with Crippen LogP contribution < -0.4 is 5.32 Å². The number of halogens is 1. The fourth-order valence-corrected chi connectivity index (χ4v) is 3.51. The summed E-state index contributed by atoms with van der Waals surface area (Å²) >= 11 is 6.00. The number of fused-ring (bicyclic) bond motifs is 2. The number of aryl methyl sites for hydroxylation is 1. The van der Waals surface area contributed by atoms with E-state index in [1.807, 2.05) is 18.2 Å². The molecule has 4 nitrogen and oxygen atoms in total. The molecule has 1 aliphatic rings. The highest BCUT2D eigenvalue weighted by Gasteiger charge is 2.27. The average molecular weight is 339 g/mol. The van der Waals surface area contributed by atoms with E-state index in [1.165, 1.54) is 5.56 Å². The van der Waals surface area contributed by atoms with Crippen molar-refractivity contribution in [1.29, 1.82) is 0 Å². The molecule has 0 saturated heterocycles. The van der Waals surface area contributed by atoms with Crippen molar-refractivity contribution >= 4 is 34.2 Å². The minimum atomic E-state index is -0.586. The lowest BCUT2D eigenvalue weighted by Gasteiger charge is -2.13. The topological polar surface area (TPSA) is 62.0 Å². The number of aromatic nitrogens is 1. The molecule has 1 aromatic heterocycles. The Bertz CT molecular complexity index is 961. The fourth-order valence-electron chi connectivity index (χ4n) is 3.33. The number of hydrogen-bond donors (Lipinski definition) is 2. The van der Waals surface area contributed by atoms with Crippen LogP contribution in [0.3, 0.4) is 0 Å². The van der Waals surface area contributed by atoms with Crippen LogP contribution >= 0.6 is 11.6 Å². The SMILES string of the molecule is O=C(N[C@H]1CCc2ccccc21)C(=O)c1c[nH]c2ccc(Cl)cc12. The van der Waals surface area contributed by atoms with Crippen molar-refractivity contribution in [3.05, 3.63) is 70.4 Å². The van der Waals surface area contributed by atoms with E-state index < -0.39 is 11.7 Å². The van der Waals surface area contributed by atoms with Gasteiger partial charge in [-0.05, 0) is 42.2 Å². The maximum absolute atomic E-state index is 12.6. The summed E-state index contributed by atoms with van der Waals surface area (Å²) in [5.41, 5.74) is 3.45. The van der Waals surface area contributed by atoms with Gasteiger partial charge in [0.25, 0.3) is 11.7 Å². The molecule has 3 aromatic rings. The summed E-state index contributed by atoms with van der Waals surface area (Å²) in [6.07, 6.45) is 3.29. The van der Waals surface area contributed by atoms with Gasteiger partial charge in [0.05, 0.1) is 11.6 Å². The molecule has 0 aliphatic heterocycles. The number of carbonyl (C=O) groups is 2. The summed E-state index contributed by atoms with van der Waals surface area (Å²) in [5.74, 6) is -1.13.